The predicted molar refractivity (Wildman–Crippen MR) is 156 cm³/mol. The van der Waals surface area contributed by atoms with E-state index >= 15 is 0 Å². The van der Waals surface area contributed by atoms with Gasteiger partial charge in [0.2, 0.25) is 11.5 Å². The molecule has 2 aromatic carbocycles. The van der Waals surface area contributed by atoms with E-state index in [0.717, 1.165) is 53.7 Å². The van der Waals surface area contributed by atoms with E-state index in [9.17, 15) is 9.59 Å². The maximum absolute atomic E-state index is 12.5. The highest BCUT2D eigenvalue weighted by Crippen LogP contribution is 2.44. The van der Waals surface area contributed by atoms with Gasteiger partial charge in [0.15, 0.2) is 0 Å². The van der Waals surface area contributed by atoms with Crippen molar-refractivity contribution < 1.29 is 28.2 Å². The summed E-state index contributed by atoms with van der Waals surface area (Å²) in [6, 6.07) is 13.8. The molecule has 0 radical (unpaired) electrons. The fourth-order valence-corrected chi connectivity index (χ4v) is 5.56. The number of amides is 2. The van der Waals surface area contributed by atoms with Crippen molar-refractivity contribution in [3.63, 3.8) is 0 Å². The van der Waals surface area contributed by atoms with Gasteiger partial charge in [-0.05, 0) is 94.2 Å². The van der Waals surface area contributed by atoms with Gasteiger partial charge >= 0.3 is 6.09 Å². The molecule has 1 spiro atoms. The summed E-state index contributed by atoms with van der Waals surface area (Å²) in [6.07, 6.45) is 7.29. The van der Waals surface area contributed by atoms with Crippen molar-refractivity contribution in [2.75, 3.05) is 13.7 Å². The van der Waals surface area contributed by atoms with E-state index in [-0.39, 0.29) is 30.0 Å². The topological polar surface area (TPSA) is 111 Å². The summed E-state index contributed by atoms with van der Waals surface area (Å²) in [6.45, 7) is 5.46. The van der Waals surface area contributed by atoms with Crippen molar-refractivity contribution in [2.45, 2.75) is 83.3 Å². The van der Waals surface area contributed by atoms with Gasteiger partial charge < -0.3 is 23.9 Å². The zero-order valence-corrected chi connectivity index (χ0v) is 24.3. The number of rotatable bonds is 6. The third kappa shape index (κ3) is 7.01. The highest BCUT2D eigenvalue weighted by atomic mass is 16.6. The first-order valence-corrected chi connectivity index (χ1v) is 14.4. The van der Waals surface area contributed by atoms with E-state index in [1.54, 1.807) is 27.9 Å². The summed E-state index contributed by atoms with van der Waals surface area (Å²) in [5, 5.41) is 7.78. The number of nitrogens with one attached hydrogen (secondary N) is 2. The molecule has 1 aliphatic carbocycles. The lowest BCUT2D eigenvalue weighted by Gasteiger charge is -2.41. The smallest absolute Gasteiger partial charge is 0.407 e. The third-order valence-corrected chi connectivity index (χ3v) is 7.59. The molecule has 0 bridgehead atoms. The Morgan fingerprint density at radius 1 is 1.02 bits per heavy atom. The van der Waals surface area contributed by atoms with Crippen LogP contribution in [0.15, 0.2) is 52.0 Å². The van der Waals surface area contributed by atoms with Crippen LogP contribution in [0.5, 0.6) is 11.5 Å². The van der Waals surface area contributed by atoms with Crippen molar-refractivity contribution in [1.29, 1.82) is 0 Å². The SMILES string of the molecule is COc1ccc(-c2c/c(=N\NC(=O)CCNC(=O)OC(C)(C)C)oc3cc4c(cc23)CCC2(CCCCC2)O4)cc1. The Labute approximate surface area is 240 Å². The van der Waals surface area contributed by atoms with Gasteiger partial charge in [-0.1, -0.05) is 18.6 Å². The van der Waals surface area contributed by atoms with Gasteiger partial charge in [-0.25, -0.2) is 10.2 Å². The van der Waals surface area contributed by atoms with Crippen molar-refractivity contribution in [3.05, 3.63) is 53.6 Å². The average molecular weight is 562 g/mol. The number of hydrogen-bond donors (Lipinski definition) is 2. The molecule has 1 saturated carbocycles. The number of ether oxygens (including phenoxy) is 3. The molecule has 0 atom stereocenters. The molecule has 2 N–H and O–H groups in total. The van der Waals surface area contributed by atoms with Crippen LogP contribution in [0.2, 0.25) is 0 Å². The van der Waals surface area contributed by atoms with Crippen LogP contribution in [0, 0.1) is 0 Å². The maximum Gasteiger partial charge on any atom is 0.407 e. The van der Waals surface area contributed by atoms with Gasteiger partial charge in [0.1, 0.15) is 28.3 Å². The van der Waals surface area contributed by atoms with E-state index in [0.29, 0.717) is 5.58 Å². The second-order valence-electron chi connectivity index (χ2n) is 11.9. The Balaban J connectivity index is 1.42. The molecule has 2 aliphatic rings. The lowest BCUT2D eigenvalue weighted by Crippen LogP contribution is -2.41. The second kappa shape index (κ2) is 11.8. The normalized spacial score (nSPS) is 16.5. The predicted octanol–water partition coefficient (Wildman–Crippen LogP) is 5.98. The molecule has 3 aromatic rings. The number of fused-ring (bicyclic) bond motifs is 2. The molecule has 0 saturated heterocycles. The monoisotopic (exact) mass is 561 g/mol. The molecule has 1 fully saturated rings. The molecule has 2 amide bonds. The molecular weight excluding hydrogens is 522 g/mol. The lowest BCUT2D eigenvalue weighted by molar-refractivity contribution is -0.121. The van der Waals surface area contributed by atoms with E-state index < -0.39 is 11.7 Å². The van der Waals surface area contributed by atoms with E-state index in [4.69, 9.17) is 18.6 Å². The summed E-state index contributed by atoms with van der Waals surface area (Å²) >= 11 is 0. The molecular formula is C32H39N3O6. The fourth-order valence-electron chi connectivity index (χ4n) is 5.56. The molecule has 1 aliphatic heterocycles. The van der Waals surface area contributed by atoms with Crippen LogP contribution in [0.4, 0.5) is 4.79 Å². The summed E-state index contributed by atoms with van der Waals surface area (Å²) < 4.78 is 23.4. The van der Waals surface area contributed by atoms with Gasteiger partial charge in [-0.3, -0.25) is 4.79 Å². The Hall–Kier alpha value is -4.01. The van der Waals surface area contributed by atoms with E-state index in [1.165, 1.54) is 24.8 Å². The summed E-state index contributed by atoms with van der Waals surface area (Å²) in [7, 11) is 1.64. The first-order valence-electron chi connectivity index (χ1n) is 14.4. The van der Waals surface area contributed by atoms with Crippen LogP contribution < -0.4 is 25.8 Å². The number of hydrogen-bond acceptors (Lipinski definition) is 7. The molecule has 41 heavy (non-hydrogen) atoms. The Bertz CT molecular complexity index is 1480. The third-order valence-electron chi connectivity index (χ3n) is 7.59. The number of alkyl carbamates (subject to hydrolysis) is 1. The summed E-state index contributed by atoms with van der Waals surface area (Å²) in [5.74, 6) is 1.26. The Morgan fingerprint density at radius 2 is 1.78 bits per heavy atom. The highest BCUT2D eigenvalue weighted by molar-refractivity contribution is 5.94. The van der Waals surface area contributed by atoms with E-state index in [2.05, 4.69) is 21.9 Å². The maximum atomic E-state index is 12.5. The van der Waals surface area contributed by atoms with Gasteiger partial charge in [-0.15, -0.1) is 5.10 Å². The molecule has 2 heterocycles. The first-order chi connectivity index (χ1) is 19.6. The van der Waals surface area contributed by atoms with Crippen molar-refractivity contribution in [2.24, 2.45) is 5.10 Å². The van der Waals surface area contributed by atoms with Gasteiger partial charge in [0.05, 0.1) is 7.11 Å². The first kappa shape index (κ1) is 28.5. The number of methoxy groups -OCH3 is 1. The van der Waals surface area contributed by atoms with Crippen LogP contribution in [0.1, 0.15) is 71.3 Å². The van der Waals surface area contributed by atoms with Crippen molar-refractivity contribution in [1.82, 2.24) is 10.7 Å². The zero-order chi connectivity index (χ0) is 29.0. The highest BCUT2D eigenvalue weighted by Gasteiger charge is 2.37. The molecule has 9 heteroatoms. The van der Waals surface area contributed by atoms with Crippen molar-refractivity contribution >= 4 is 23.0 Å². The molecule has 218 valence electrons. The molecule has 0 unspecified atom stereocenters. The number of carbonyl (C=O) groups excluding carboxylic acids is 2. The van der Waals surface area contributed by atoms with Gasteiger partial charge in [0, 0.05) is 30.5 Å². The zero-order valence-electron chi connectivity index (χ0n) is 24.3. The van der Waals surface area contributed by atoms with Crippen LogP contribution >= 0.6 is 0 Å². The largest absolute Gasteiger partial charge is 0.497 e. The lowest BCUT2D eigenvalue weighted by atomic mass is 9.79. The number of benzene rings is 2. The van der Waals surface area contributed by atoms with Crippen molar-refractivity contribution in [3.8, 4) is 22.6 Å². The second-order valence-corrected chi connectivity index (χ2v) is 11.9. The molecule has 5 rings (SSSR count). The Kier molecular flexibility index (Phi) is 8.24. The van der Waals surface area contributed by atoms with E-state index in [1.807, 2.05) is 36.4 Å². The quantitative estimate of drug-likeness (QED) is 0.358. The Morgan fingerprint density at radius 3 is 2.49 bits per heavy atom. The summed E-state index contributed by atoms with van der Waals surface area (Å²) in [5.41, 5.74) is 5.80. The van der Waals surface area contributed by atoms with Crippen LogP contribution in [-0.4, -0.2) is 36.9 Å². The number of nitrogens with zero attached hydrogens (tertiary/aromatic N) is 1. The van der Waals surface area contributed by atoms with Crippen LogP contribution in [-0.2, 0) is 16.0 Å². The van der Waals surface area contributed by atoms with Gasteiger partial charge in [0.25, 0.3) is 0 Å². The van der Waals surface area contributed by atoms with Crippen LogP contribution in [0.3, 0.4) is 0 Å². The summed E-state index contributed by atoms with van der Waals surface area (Å²) in [4.78, 5) is 24.3. The molecule has 9 nitrogen and oxygen atoms in total. The minimum absolute atomic E-state index is 0.0328. The molecule has 1 aromatic heterocycles. The minimum atomic E-state index is -0.609. The van der Waals surface area contributed by atoms with Gasteiger partial charge in [-0.2, -0.15) is 0 Å². The van der Waals surface area contributed by atoms with Crippen LogP contribution in [0.25, 0.3) is 22.1 Å². The number of carbonyl (C=O) groups is 2. The minimum Gasteiger partial charge on any atom is -0.497 e. The fraction of sp³-hybridized carbons (Fsp3) is 0.469. The standard InChI is InChI=1S/C32H39N3O6/c1-31(2,3)41-30(37)33-17-13-28(36)34-35-29-19-24(21-8-10-23(38-4)11-9-21)25-18-22-12-16-32(14-6-5-7-15-32)40-26(22)20-27(25)39-29/h8-11,18-20H,5-7,12-17H2,1-4H3,(H,33,37)(H,34,36)/b35-29+. The average Bonchev–Trinajstić information content (AvgIpc) is 2.94. The number of aryl methyl sites for hydroxylation is 1.